The predicted molar refractivity (Wildman–Crippen MR) is 230 cm³/mol. The zero-order valence-electron chi connectivity index (χ0n) is 34.6. The van der Waals surface area contributed by atoms with Gasteiger partial charge < -0.3 is 31.2 Å². The van der Waals surface area contributed by atoms with Crippen molar-refractivity contribution in [3.05, 3.63) is 131 Å². The van der Waals surface area contributed by atoms with Crippen molar-refractivity contribution in [2.24, 2.45) is 5.73 Å². The van der Waals surface area contributed by atoms with Crippen molar-refractivity contribution in [2.45, 2.75) is 92.1 Å². The first-order valence-corrected chi connectivity index (χ1v) is 22.9. The van der Waals surface area contributed by atoms with Crippen LogP contribution in [0.25, 0.3) is 0 Å². The SMILES string of the molecule is COC(=O)[C@H](CCCCNC(=O)OCc1ccccc1)NC(=O)[C@H](Cc1ccccc1)NC(=O)[C@](N)(CCCCNS(=O)(=O)c1ccc(C)cc1)S(=O)(=O)c1ccc(C)cc1. The van der Waals surface area contributed by atoms with Crippen LogP contribution in [0.1, 0.15) is 60.8 Å². The van der Waals surface area contributed by atoms with Crippen LogP contribution in [0.5, 0.6) is 0 Å². The zero-order valence-corrected chi connectivity index (χ0v) is 36.2. The lowest BCUT2D eigenvalue weighted by Gasteiger charge is -2.31. The van der Waals surface area contributed by atoms with Crippen LogP contribution in [0.3, 0.4) is 0 Å². The van der Waals surface area contributed by atoms with E-state index in [4.69, 9.17) is 15.2 Å². The minimum atomic E-state index is -4.62. The van der Waals surface area contributed by atoms with Crippen molar-refractivity contribution in [2.75, 3.05) is 20.2 Å². The van der Waals surface area contributed by atoms with E-state index in [1.165, 1.54) is 31.4 Å². The molecule has 3 atom stereocenters. The third kappa shape index (κ3) is 14.2. The average molecular weight is 878 g/mol. The number of sulfonamides is 1. The quantitative estimate of drug-likeness (QED) is 0.0519. The Labute approximate surface area is 358 Å². The van der Waals surface area contributed by atoms with E-state index >= 15 is 0 Å². The Hall–Kier alpha value is -5.62. The molecule has 3 amide bonds. The van der Waals surface area contributed by atoms with E-state index in [0.717, 1.165) is 16.7 Å². The Morgan fingerprint density at radius 1 is 0.672 bits per heavy atom. The highest BCUT2D eigenvalue weighted by Gasteiger charge is 2.48. The molecule has 0 saturated carbocycles. The van der Waals surface area contributed by atoms with Crippen LogP contribution in [-0.2, 0) is 56.7 Å². The van der Waals surface area contributed by atoms with Gasteiger partial charge in [-0.05, 0) is 87.8 Å². The van der Waals surface area contributed by atoms with E-state index in [1.54, 1.807) is 61.5 Å². The summed E-state index contributed by atoms with van der Waals surface area (Å²) >= 11 is 0. The van der Waals surface area contributed by atoms with Crippen molar-refractivity contribution >= 4 is 43.7 Å². The summed E-state index contributed by atoms with van der Waals surface area (Å²) in [5.74, 6) is -2.71. The van der Waals surface area contributed by atoms with E-state index < -0.39 is 67.1 Å². The van der Waals surface area contributed by atoms with Gasteiger partial charge in [0, 0.05) is 19.5 Å². The number of alkyl carbamates (subject to hydrolysis) is 1. The van der Waals surface area contributed by atoms with Gasteiger partial charge in [0.25, 0.3) is 5.91 Å². The highest BCUT2D eigenvalue weighted by molar-refractivity contribution is 7.93. The number of aryl methyl sites for hydroxylation is 2. The largest absolute Gasteiger partial charge is 0.467 e. The summed E-state index contributed by atoms with van der Waals surface area (Å²) in [4.78, 5) is 50.7. The van der Waals surface area contributed by atoms with Gasteiger partial charge in [0.15, 0.2) is 0 Å². The standard InChI is InChI=1S/C44H55N5O10S2/c1-32-19-23-36(24-20-32)60(54,55)44(45,27-11-13-29-47-61(56,57)37-25-21-33(2)22-26-37)42(52)49-39(30-34-14-6-4-7-15-34)40(50)48-38(41(51)58-3)18-10-12-28-46-43(53)59-31-35-16-8-5-9-17-35/h4-9,14-17,19-26,38-39,47H,10-13,18,27-31,45H2,1-3H3,(H,46,53)(H,48,50)(H,49,52)/t38-,39-,44-/m0/s1. The molecule has 0 fully saturated rings. The molecule has 0 aromatic heterocycles. The normalized spacial score (nSPS) is 13.5. The van der Waals surface area contributed by atoms with E-state index in [-0.39, 0.29) is 55.2 Å². The number of nitrogens with two attached hydrogens (primary N) is 1. The molecule has 0 unspecified atom stereocenters. The number of nitrogens with one attached hydrogen (secondary N) is 4. The Morgan fingerprint density at radius 2 is 1.23 bits per heavy atom. The number of ether oxygens (including phenoxy) is 2. The maximum absolute atomic E-state index is 14.4. The molecule has 15 nitrogen and oxygen atoms in total. The van der Waals surface area contributed by atoms with Crippen molar-refractivity contribution in [3.8, 4) is 0 Å². The van der Waals surface area contributed by atoms with Gasteiger partial charge in [0.05, 0.1) is 16.9 Å². The van der Waals surface area contributed by atoms with Crippen LogP contribution in [0, 0.1) is 13.8 Å². The van der Waals surface area contributed by atoms with E-state index in [2.05, 4.69) is 20.7 Å². The predicted octanol–water partition coefficient (Wildman–Crippen LogP) is 4.36. The Balaban J connectivity index is 1.47. The smallest absolute Gasteiger partial charge is 0.407 e. The fourth-order valence-corrected chi connectivity index (χ4v) is 8.96. The number of carbonyl (C=O) groups is 4. The molecule has 0 saturated heterocycles. The molecule has 61 heavy (non-hydrogen) atoms. The van der Waals surface area contributed by atoms with Crippen LogP contribution in [0.15, 0.2) is 119 Å². The van der Waals surface area contributed by atoms with Gasteiger partial charge in [-0.2, -0.15) is 0 Å². The molecule has 0 bridgehead atoms. The number of methoxy groups -OCH3 is 1. The third-order valence-electron chi connectivity index (χ3n) is 9.90. The molecule has 6 N–H and O–H groups in total. The van der Waals surface area contributed by atoms with Crippen LogP contribution >= 0.6 is 0 Å². The summed E-state index contributed by atoms with van der Waals surface area (Å²) in [5, 5.41) is 7.89. The summed E-state index contributed by atoms with van der Waals surface area (Å²) in [7, 11) is -7.32. The van der Waals surface area contributed by atoms with Gasteiger partial charge in [-0.25, -0.2) is 31.1 Å². The summed E-state index contributed by atoms with van der Waals surface area (Å²) in [6.45, 7) is 3.87. The van der Waals surface area contributed by atoms with Crippen molar-refractivity contribution in [1.29, 1.82) is 0 Å². The second kappa shape index (κ2) is 22.8. The topological polar surface area (TPSA) is 229 Å². The first-order chi connectivity index (χ1) is 29.1. The van der Waals surface area contributed by atoms with Gasteiger partial charge in [-0.3, -0.25) is 9.59 Å². The second-order valence-electron chi connectivity index (χ2n) is 14.7. The summed E-state index contributed by atoms with van der Waals surface area (Å²) in [6.07, 6.45) is -0.0940. The molecule has 0 radical (unpaired) electrons. The Kier molecular flexibility index (Phi) is 18.0. The highest BCUT2D eigenvalue weighted by atomic mass is 32.2. The number of rotatable bonds is 23. The first-order valence-electron chi connectivity index (χ1n) is 19.9. The maximum Gasteiger partial charge on any atom is 0.407 e. The Morgan fingerprint density at radius 3 is 1.82 bits per heavy atom. The molecule has 0 aliphatic carbocycles. The summed E-state index contributed by atoms with van der Waals surface area (Å²) < 4.78 is 66.9. The minimum Gasteiger partial charge on any atom is -0.467 e. The molecule has 0 aliphatic heterocycles. The molecule has 4 aromatic rings. The van der Waals surface area contributed by atoms with E-state index in [1.807, 2.05) is 37.3 Å². The molecule has 0 heterocycles. The molecule has 328 valence electrons. The van der Waals surface area contributed by atoms with Crippen molar-refractivity contribution in [3.63, 3.8) is 0 Å². The average Bonchev–Trinajstić information content (AvgIpc) is 3.25. The summed E-state index contributed by atoms with van der Waals surface area (Å²) in [5.41, 5.74) is 9.76. The zero-order chi connectivity index (χ0) is 44.5. The van der Waals surface area contributed by atoms with Gasteiger partial charge in [0.1, 0.15) is 18.7 Å². The number of hydrogen-bond acceptors (Lipinski definition) is 11. The molecule has 17 heteroatoms. The Bertz CT molecular complexity index is 2280. The number of esters is 1. The second-order valence-corrected chi connectivity index (χ2v) is 18.6. The fraction of sp³-hybridized carbons (Fsp3) is 0.364. The molecule has 0 aliphatic rings. The van der Waals surface area contributed by atoms with E-state index in [9.17, 15) is 36.0 Å². The minimum absolute atomic E-state index is 0.00496. The highest BCUT2D eigenvalue weighted by Crippen LogP contribution is 2.28. The van der Waals surface area contributed by atoms with Crippen LogP contribution < -0.4 is 26.4 Å². The monoisotopic (exact) mass is 877 g/mol. The maximum atomic E-state index is 14.4. The van der Waals surface area contributed by atoms with Crippen LogP contribution in [0.2, 0.25) is 0 Å². The van der Waals surface area contributed by atoms with E-state index in [0.29, 0.717) is 18.4 Å². The fourth-order valence-electron chi connectivity index (χ4n) is 6.26. The number of hydrogen-bond donors (Lipinski definition) is 5. The van der Waals surface area contributed by atoms with Gasteiger partial charge in [-0.1, -0.05) is 96.1 Å². The van der Waals surface area contributed by atoms with Gasteiger partial charge in [0.2, 0.25) is 30.6 Å². The summed E-state index contributed by atoms with van der Waals surface area (Å²) in [6, 6.07) is 27.4. The lowest BCUT2D eigenvalue weighted by molar-refractivity contribution is -0.145. The van der Waals surface area contributed by atoms with Crippen LogP contribution in [0.4, 0.5) is 4.79 Å². The molecular formula is C44H55N5O10S2. The molecule has 4 aromatic carbocycles. The number of amides is 3. The lowest BCUT2D eigenvalue weighted by Crippen LogP contribution is -2.63. The number of carbonyl (C=O) groups excluding carboxylic acids is 4. The molecule has 4 rings (SSSR count). The number of sulfone groups is 1. The van der Waals surface area contributed by atoms with Gasteiger partial charge in [-0.15, -0.1) is 0 Å². The van der Waals surface area contributed by atoms with Crippen molar-refractivity contribution in [1.82, 2.24) is 20.7 Å². The molecular weight excluding hydrogens is 823 g/mol. The number of benzene rings is 4. The lowest BCUT2D eigenvalue weighted by atomic mass is 10.0. The van der Waals surface area contributed by atoms with Gasteiger partial charge >= 0.3 is 12.1 Å². The first kappa shape index (κ1) is 48.1. The third-order valence-corrected chi connectivity index (χ3v) is 13.6. The van der Waals surface area contributed by atoms with Crippen molar-refractivity contribution < 1.29 is 45.5 Å². The number of unbranched alkanes of at least 4 members (excludes halogenated alkanes) is 2. The van der Waals surface area contributed by atoms with Crippen LogP contribution in [-0.4, -0.2) is 77.9 Å². The molecule has 0 spiro atoms.